The molecule has 0 saturated carbocycles. The molecule has 0 bridgehead atoms. The summed E-state index contributed by atoms with van der Waals surface area (Å²) in [4.78, 5) is 39.8. The van der Waals surface area contributed by atoms with E-state index in [1.54, 1.807) is 0 Å². The van der Waals surface area contributed by atoms with Crippen molar-refractivity contribution in [1.29, 1.82) is 0 Å². The van der Waals surface area contributed by atoms with E-state index in [1.165, 1.54) is 30.1 Å². The summed E-state index contributed by atoms with van der Waals surface area (Å²) >= 11 is 0. The summed E-state index contributed by atoms with van der Waals surface area (Å²) in [7, 11) is -2.37. The molecule has 3 atom stereocenters. The van der Waals surface area contributed by atoms with Gasteiger partial charge < -0.3 is 31.1 Å². The standard InChI is InChI=1S/C35H45N5O7S/c1-24(27-12-8-5-9-13-27)37-33(42)28-19-29(21-30(20-28)39(2)48(3,46)47)34(43)38-31(18-25-10-6-4-7-11-25)32(41)23-36-22-26-14-16-40(17-15-26)35(44)45/h4-13,19-21,24,26,31-32,36,41H,14-18,22-23H2,1-3H3,(H,37,42)(H,38,43)(H,44,45)/t24-,31+,32-/m1/s1. The van der Waals surface area contributed by atoms with Crippen molar-refractivity contribution in [3.05, 3.63) is 101 Å². The van der Waals surface area contributed by atoms with Crippen LogP contribution in [0.3, 0.4) is 0 Å². The van der Waals surface area contributed by atoms with E-state index in [0.717, 1.165) is 34.5 Å². The lowest BCUT2D eigenvalue weighted by molar-refractivity contribution is 0.0823. The number of carbonyl (C=O) groups is 3. The smallest absolute Gasteiger partial charge is 0.407 e. The van der Waals surface area contributed by atoms with E-state index >= 15 is 0 Å². The zero-order chi connectivity index (χ0) is 34.8. The Morgan fingerprint density at radius 3 is 2.04 bits per heavy atom. The van der Waals surface area contributed by atoms with Crippen molar-refractivity contribution in [2.75, 3.05) is 43.8 Å². The predicted molar refractivity (Wildman–Crippen MR) is 185 cm³/mol. The van der Waals surface area contributed by atoms with E-state index < -0.39 is 40.1 Å². The number of likely N-dealkylation sites (tertiary alicyclic amines) is 1. The SMILES string of the molecule is C[C@@H](NC(=O)c1cc(C(=O)N[C@@H](Cc2ccccc2)[C@H](O)CNCC2CCN(C(=O)O)CC2)cc(N(C)S(C)(=O)=O)c1)c1ccccc1. The molecule has 0 radical (unpaired) electrons. The number of rotatable bonds is 14. The Kier molecular flexibility index (Phi) is 12.6. The lowest BCUT2D eigenvalue weighted by Crippen LogP contribution is -2.49. The molecule has 258 valence electrons. The van der Waals surface area contributed by atoms with Gasteiger partial charge in [0, 0.05) is 37.8 Å². The Bertz CT molecular complexity index is 1650. The second-order valence-electron chi connectivity index (χ2n) is 12.3. The third-order valence-corrected chi connectivity index (χ3v) is 9.91. The Morgan fingerprint density at radius 1 is 0.917 bits per heavy atom. The molecule has 1 aliphatic heterocycles. The van der Waals surface area contributed by atoms with Crippen molar-refractivity contribution in [2.24, 2.45) is 5.92 Å². The highest BCUT2D eigenvalue weighted by atomic mass is 32.2. The number of aliphatic hydroxyl groups is 1. The zero-order valence-electron chi connectivity index (χ0n) is 27.5. The molecule has 48 heavy (non-hydrogen) atoms. The van der Waals surface area contributed by atoms with Crippen molar-refractivity contribution in [3.8, 4) is 0 Å². The number of nitrogens with zero attached hydrogens (tertiary/aromatic N) is 2. The van der Waals surface area contributed by atoms with Crippen LogP contribution in [-0.4, -0.2) is 93.1 Å². The van der Waals surface area contributed by atoms with Crippen LogP contribution in [0.2, 0.25) is 0 Å². The van der Waals surface area contributed by atoms with Crippen LogP contribution in [0.1, 0.15) is 57.7 Å². The summed E-state index contributed by atoms with van der Waals surface area (Å²) in [6, 6.07) is 21.9. The van der Waals surface area contributed by atoms with Gasteiger partial charge in [0.15, 0.2) is 0 Å². The Morgan fingerprint density at radius 2 is 1.48 bits per heavy atom. The van der Waals surface area contributed by atoms with Crippen LogP contribution < -0.4 is 20.3 Å². The molecule has 1 heterocycles. The summed E-state index contributed by atoms with van der Waals surface area (Å²) < 4.78 is 25.9. The minimum Gasteiger partial charge on any atom is -0.465 e. The number of hydrogen-bond donors (Lipinski definition) is 5. The van der Waals surface area contributed by atoms with E-state index in [0.29, 0.717) is 26.1 Å². The fourth-order valence-corrected chi connectivity index (χ4v) is 6.15. The number of carbonyl (C=O) groups excluding carboxylic acids is 2. The van der Waals surface area contributed by atoms with Crippen molar-refractivity contribution in [2.45, 2.75) is 44.4 Å². The molecule has 1 fully saturated rings. The zero-order valence-corrected chi connectivity index (χ0v) is 28.3. The van der Waals surface area contributed by atoms with Gasteiger partial charge in [0.2, 0.25) is 10.0 Å². The number of benzene rings is 3. The first-order chi connectivity index (χ1) is 22.8. The predicted octanol–water partition coefficient (Wildman–Crippen LogP) is 3.26. The lowest BCUT2D eigenvalue weighted by atomic mass is 9.96. The van der Waals surface area contributed by atoms with Crippen LogP contribution in [0.15, 0.2) is 78.9 Å². The van der Waals surface area contributed by atoms with Crippen LogP contribution in [0.4, 0.5) is 10.5 Å². The van der Waals surface area contributed by atoms with E-state index in [4.69, 9.17) is 0 Å². The molecule has 1 aliphatic rings. The van der Waals surface area contributed by atoms with Crippen molar-refractivity contribution in [3.63, 3.8) is 0 Å². The molecular formula is C35H45N5O7S. The Balaban J connectivity index is 1.52. The highest BCUT2D eigenvalue weighted by Gasteiger charge is 2.26. The molecule has 3 amide bonds. The first-order valence-corrected chi connectivity index (χ1v) is 17.8. The quantitative estimate of drug-likeness (QED) is 0.173. The summed E-state index contributed by atoms with van der Waals surface area (Å²) in [5.41, 5.74) is 2.07. The normalized spacial score (nSPS) is 15.6. The Labute approximate surface area is 282 Å². The van der Waals surface area contributed by atoms with Gasteiger partial charge in [-0.05, 0) is 68.0 Å². The van der Waals surface area contributed by atoms with Gasteiger partial charge in [-0.15, -0.1) is 0 Å². The molecule has 0 aromatic heterocycles. The number of aliphatic hydroxyl groups excluding tert-OH is 1. The van der Waals surface area contributed by atoms with Crippen LogP contribution in [0, 0.1) is 5.92 Å². The monoisotopic (exact) mass is 679 g/mol. The summed E-state index contributed by atoms with van der Waals surface area (Å²) in [6.07, 6.45) is 0.877. The fourth-order valence-electron chi connectivity index (χ4n) is 5.66. The third-order valence-electron chi connectivity index (χ3n) is 8.70. The minimum atomic E-state index is -3.72. The van der Waals surface area contributed by atoms with Crippen molar-refractivity contribution < 1.29 is 33.0 Å². The van der Waals surface area contributed by atoms with Gasteiger partial charge in [0.05, 0.1) is 30.1 Å². The average Bonchev–Trinajstić information content (AvgIpc) is 3.07. The highest BCUT2D eigenvalue weighted by Crippen LogP contribution is 2.23. The minimum absolute atomic E-state index is 0.0592. The molecule has 0 unspecified atom stereocenters. The molecular weight excluding hydrogens is 634 g/mol. The van der Waals surface area contributed by atoms with Gasteiger partial charge in [-0.25, -0.2) is 13.2 Å². The Hall–Kier alpha value is -4.46. The lowest BCUT2D eigenvalue weighted by Gasteiger charge is -2.31. The number of sulfonamides is 1. The van der Waals surface area contributed by atoms with Crippen molar-refractivity contribution in [1.82, 2.24) is 20.9 Å². The van der Waals surface area contributed by atoms with Crippen LogP contribution in [0.25, 0.3) is 0 Å². The maximum Gasteiger partial charge on any atom is 0.407 e. The number of anilines is 1. The first-order valence-electron chi connectivity index (χ1n) is 16.0. The van der Waals surface area contributed by atoms with Gasteiger partial charge in [-0.2, -0.15) is 0 Å². The second kappa shape index (κ2) is 16.6. The van der Waals surface area contributed by atoms with Gasteiger partial charge in [-0.3, -0.25) is 13.9 Å². The molecule has 5 N–H and O–H groups in total. The van der Waals surface area contributed by atoms with Gasteiger partial charge in [0.1, 0.15) is 0 Å². The van der Waals surface area contributed by atoms with Gasteiger partial charge >= 0.3 is 6.09 Å². The number of nitrogens with one attached hydrogen (secondary N) is 3. The fraction of sp³-hybridized carbons (Fsp3) is 0.400. The molecule has 0 spiro atoms. The van der Waals surface area contributed by atoms with E-state index in [2.05, 4.69) is 16.0 Å². The summed E-state index contributed by atoms with van der Waals surface area (Å²) in [5, 5.41) is 29.6. The van der Waals surface area contributed by atoms with Crippen LogP contribution in [-0.2, 0) is 16.4 Å². The van der Waals surface area contributed by atoms with E-state index in [9.17, 15) is 33.0 Å². The third kappa shape index (κ3) is 10.3. The summed E-state index contributed by atoms with van der Waals surface area (Å²) in [6.45, 7) is 3.54. The van der Waals surface area contributed by atoms with Crippen LogP contribution in [0.5, 0.6) is 0 Å². The molecule has 13 heteroatoms. The average molecular weight is 680 g/mol. The van der Waals surface area contributed by atoms with E-state index in [-0.39, 0.29) is 35.3 Å². The second-order valence-corrected chi connectivity index (χ2v) is 14.3. The highest BCUT2D eigenvalue weighted by molar-refractivity contribution is 7.92. The van der Waals surface area contributed by atoms with Crippen LogP contribution >= 0.6 is 0 Å². The largest absolute Gasteiger partial charge is 0.465 e. The number of hydrogen-bond acceptors (Lipinski definition) is 7. The maximum absolute atomic E-state index is 13.8. The molecule has 12 nitrogen and oxygen atoms in total. The van der Waals surface area contributed by atoms with Gasteiger partial charge in [0.25, 0.3) is 11.8 Å². The van der Waals surface area contributed by atoms with E-state index in [1.807, 2.05) is 67.6 Å². The molecule has 4 rings (SSSR count). The number of piperidine rings is 1. The molecule has 3 aromatic rings. The maximum atomic E-state index is 13.8. The topological polar surface area (TPSA) is 168 Å². The van der Waals surface area contributed by atoms with Crippen molar-refractivity contribution >= 4 is 33.6 Å². The number of carboxylic acid groups (broad SMARTS) is 1. The molecule has 1 saturated heterocycles. The molecule has 3 aromatic carbocycles. The number of amides is 3. The first kappa shape index (κ1) is 36.4. The molecule has 0 aliphatic carbocycles. The van der Waals surface area contributed by atoms with Gasteiger partial charge in [-0.1, -0.05) is 60.7 Å². The summed E-state index contributed by atoms with van der Waals surface area (Å²) in [5.74, 6) is -0.799.